The van der Waals surface area contributed by atoms with Crippen molar-refractivity contribution in [1.82, 2.24) is 5.32 Å². The highest BCUT2D eigenvalue weighted by molar-refractivity contribution is 9.10. The van der Waals surface area contributed by atoms with Crippen molar-refractivity contribution >= 4 is 27.7 Å². The van der Waals surface area contributed by atoms with Gasteiger partial charge in [0.1, 0.15) is 4.83 Å². The average molecular weight is 326 g/mol. The zero-order valence-corrected chi connectivity index (χ0v) is 10.0. The van der Waals surface area contributed by atoms with Gasteiger partial charge in [-0.1, -0.05) is 15.9 Å². The van der Waals surface area contributed by atoms with E-state index in [1.165, 1.54) is 0 Å². The molecule has 0 saturated carbocycles. The Bertz CT molecular complexity index is 537. The molecular formula is C10H4BrF4NO2. The molecule has 2 rings (SSSR count). The van der Waals surface area contributed by atoms with E-state index in [2.05, 4.69) is 15.9 Å². The van der Waals surface area contributed by atoms with E-state index in [0.717, 1.165) is 0 Å². The average Bonchev–Trinajstić information content (AvgIpc) is 2.53. The fourth-order valence-corrected chi connectivity index (χ4v) is 2.31. The summed E-state index contributed by atoms with van der Waals surface area (Å²) in [5, 5.41) is 1.81. The van der Waals surface area contributed by atoms with Crippen LogP contribution in [0.1, 0.15) is 11.5 Å². The van der Waals surface area contributed by atoms with Gasteiger partial charge < -0.3 is 0 Å². The van der Waals surface area contributed by atoms with E-state index in [0.29, 0.717) is 0 Å². The van der Waals surface area contributed by atoms with Gasteiger partial charge in [0.2, 0.25) is 11.8 Å². The van der Waals surface area contributed by atoms with Crippen LogP contribution in [-0.4, -0.2) is 16.6 Å². The Hall–Kier alpha value is -1.44. The van der Waals surface area contributed by atoms with E-state index in [-0.39, 0.29) is 6.07 Å². The highest BCUT2D eigenvalue weighted by Crippen LogP contribution is 2.35. The van der Waals surface area contributed by atoms with Crippen molar-refractivity contribution in [3.63, 3.8) is 0 Å². The largest absolute Gasteiger partial charge is 0.295 e. The van der Waals surface area contributed by atoms with Gasteiger partial charge in [0, 0.05) is 11.6 Å². The molecule has 0 aliphatic carbocycles. The summed E-state index contributed by atoms with van der Waals surface area (Å²) in [5.41, 5.74) is -1.10. The third kappa shape index (κ3) is 1.80. The zero-order chi connectivity index (χ0) is 13.6. The monoisotopic (exact) mass is 325 g/mol. The normalized spacial score (nSPS) is 23.4. The number of carbonyl (C=O) groups is 2. The second-order valence-corrected chi connectivity index (χ2v) is 4.60. The van der Waals surface area contributed by atoms with Crippen LogP contribution >= 0.6 is 15.9 Å². The first-order valence-corrected chi connectivity index (χ1v) is 5.57. The lowest BCUT2D eigenvalue weighted by molar-refractivity contribution is -0.125. The minimum atomic E-state index is -1.69. The topological polar surface area (TPSA) is 46.2 Å². The van der Waals surface area contributed by atoms with Crippen molar-refractivity contribution in [1.29, 1.82) is 0 Å². The van der Waals surface area contributed by atoms with Crippen molar-refractivity contribution < 1.29 is 27.2 Å². The van der Waals surface area contributed by atoms with Gasteiger partial charge in [-0.25, -0.2) is 17.6 Å². The third-order valence-electron chi connectivity index (χ3n) is 2.53. The molecule has 8 heteroatoms. The van der Waals surface area contributed by atoms with Crippen LogP contribution in [0.3, 0.4) is 0 Å². The van der Waals surface area contributed by atoms with Crippen molar-refractivity contribution in [2.45, 2.75) is 10.7 Å². The number of hydrogen-bond acceptors (Lipinski definition) is 2. The maximum Gasteiger partial charge on any atom is 0.241 e. The first-order valence-electron chi connectivity index (χ1n) is 4.66. The molecule has 2 amide bonds. The fraction of sp³-hybridized carbons (Fsp3) is 0.200. The van der Waals surface area contributed by atoms with Crippen molar-refractivity contribution in [2.75, 3.05) is 0 Å². The van der Waals surface area contributed by atoms with E-state index in [1.54, 1.807) is 5.32 Å². The SMILES string of the molecule is O=C1NC(=O)C(c2c(F)c(F)cc(F)c2F)C1Br. The van der Waals surface area contributed by atoms with Crippen LogP contribution in [0.15, 0.2) is 6.07 Å². The summed E-state index contributed by atoms with van der Waals surface area (Å²) in [6, 6.07) is 0.0338. The number of imide groups is 1. The van der Waals surface area contributed by atoms with E-state index < -0.39 is 51.4 Å². The Morgan fingerprint density at radius 1 is 1.00 bits per heavy atom. The molecule has 1 aliphatic heterocycles. The number of nitrogens with one attached hydrogen (secondary N) is 1. The molecule has 1 fully saturated rings. The lowest BCUT2D eigenvalue weighted by Crippen LogP contribution is -2.22. The van der Waals surface area contributed by atoms with Crippen LogP contribution in [-0.2, 0) is 9.59 Å². The van der Waals surface area contributed by atoms with Gasteiger partial charge in [0.05, 0.1) is 5.92 Å². The zero-order valence-electron chi connectivity index (χ0n) is 8.44. The van der Waals surface area contributed by atoms with E-state index in [9.17, 15) is 27.2 Å². The number of rotatable bonds is 1. The van der Waals surface area contributed by atoms with Crippen LogP contribution in [0.5, 0.6) is 0 Å². The lowest BCUT2D eigenvalue weighted by atomic mass is 9.96. The van der Waals surface area contributed by atoms with Gasteiger partial charge in [-0.15, -0.1) is 0 Å². The van der Waals surface area contributed by atoms with Crippen LogP contribution in [0.4, 0.5) is 17.6 Å². The first-order chi connectivity index (χ1) is 8.34. The Balaban J connectivity index is 2.65. The Labute approximate surface area is 106 Å². The molecule has 0 bridgehead atoms. The molecule has 2 atom stereocenters. The van der Waals surface area contributed by atoms with E-state index in [1.807, 2.05) is 0 Å². The number of halogens is 5. The first kappa shape index (κ1) is 13.0. The summed E-state index contributed by atoms with van der Waals surface area (Å²) in [6.07, 6.45) is 0. The lowest BCUT2D eigenvalue weighted by Gasteiger charge is -2.13. The molecule has 1 N–H and O–H groups in total. The fourth-order valence-electron chi connectivity index (χ4n) is 1.69. The van der Waals surface area contributed by atoms with Crippen LogP contribution in [0.2, 0.25) is 0 Å². The Morgan fingerprint density at radius 2 is 1.50 bits per heavy atom. The second-order valence-electron chi connectivity index (χ2n) is 3.61. The van der Waals surface area contributed by atoms with E-state index >= 15 is 0 Å². The molecule has 0 aromatic heterocycles. The summed E-state index contributed by atoms with van der Waals surface area (Å²) < 4.78 is 53.0. The second kappa shape index (κ2) is 4.34. The number of alkyl halides is 1. The molecule has 1 aliphatic rings. The molecule has 1 heterocycles. The molecule has 1 saturated heterocycles. The third-order valence-corrected chi connectivity index (χ3v) is 3.47. The van der Waals surface area contributed by atoms with Gasteiger partial charge in [0.15, 0.2) is 23.3 Å². The summed E-state index contributed by atoms with van der Waals surface area (Å²) in [4.78, 5) is 21.2. The summed E-state index contributed by atoms with van der Waals surface area (Å²) in [5.74, 6) is -10.1. The smallest absolute Gasteiger partial charge is 0.241 e. The molecular weight excluding hydrogens is 322 g/mol. The van der Waals surface area contributed by atoms with Gasteiger partial charge in [0.25, 0.3) is 0 Å². The molecule has 2 unspecified atom stereocenters. The van der Waals surface area contributed by atoms with Crippen molar-refractivity contribution in [3.8, 4) is 0 Å². The molecule has 96 valence electrons. The number of carbonyl (C=O) groups excluding carboxylic acids is 2. The van der Waals surface area contributed by atoms with Crippen LogP contribution in [0, 0.1) is 23.3 Å². The molecule has 0 radical (unpaired) electrons. The minimum Gasteiger partial charge on any atom is -0.295 e. The summed E-state index contributed by atoms with van der Waals surface area (Å²) >= 11 is 2.75. The molecule has 18 heavy (non-hydrogen) atoms. The van der Waals surface area contributed by atoms with Gasteiger partial charge in [-0.2, -0.15) is 0 Å². The maximum absolute atomic E-state index is 13.5. The van der Waals surface area contributed by atoms with Crippen molar-refractivity contribution in [3.05, 3.63) is 34.9 Å². The van der Waals surface area contributed by atoms with Crippen LogP contribution < -0.4 is 5.32 Å². The Kier molecular flexibility index (Phi) is 3.14. The van der Waals surface area contributed by atoms with Gasteiger partial charge in [-0.05, 0) is 0 Å². The van der Waals surface area contributed by atoms with Crippen LogP contribution in [0.25, 0.3) is 0 Å². The predicted molar refractivity (Wildman–Crippen MR) is 54.9 cm³/mol. The number of benzene rings is 1. The standard InChI is InChI=1S/C10H4BrF4NO2/c11-6-4(9(17)16-10(6)18)5-7(14)2(12)1-3(13)8(5)15/h1,4,6H,(H,16,17,18). The highest BCUT2D eigenvalue weighted by Gasteiger charge is 2.44. The molecule has 0 spiro atoms. The molecule has 1 aromatic carbocycles. The summed E-state index contributed by atoms with van der Waals surface area (Å²) in [7, 11) is 0. The Morgan fingerprint density at radius 3 is 1.89 bits per heavy atom. The van der Waals surface area contributed by atoms with Gasteiger partial charge >= 0.3 is 0 Å². The van der Waals surface area contributed by atoms with E-state index in [4.69, 9.17) is 0 Å². The highest BCUT2D eigenvalue weighted by atomic mass is 79.9. The predicted octanol–water partition coefficient (Wildman–Crippen LogP) is 1.75. The minimum absolute atomic E-state index is 0.0338. The summed E-state index contributed by atoms with van der Waals surface area (Å²) in [6.45, 7) is 0. The molecule has 1 aromatic rings. The van der Waals surface area contributed by atoms with Crippen molar-refractivity contribution in [2.24, 2.45) is 0 Å². The number of hydrogen-bond donors (Lipinski definition) is 1. The van der Waals surface area contributed by atoms with Gasteiger partial charge in [-0.3, -0.25) is 14.9 Å². The quantitative estimate of drug-likeness (QED) is 0.370. The maximum atomic E-state index is 13.5. The number of amides is 2. The molecule has 3 nitrogen and oxygen atoms in total.